The predicted molar refractivity (Wildman–Crippen MR) is 110 cm³/mol. The van der Waals surface area contributed by atoms with Crippen LogP contribution < -0.4 is 14.8 Å². The maximum atomic E-state index is 13.3. The highest BCUT2D eigenvalue weighted by Gasteiger charge is 2.42. The first-order chi connectivity index (χ1) is 15.9. The van der Waals surface area contributed by atoms with Crippen molar-refractivity contribution in [2.75, 3.05) is 26.1 Å². The first-order valence-corrected chi connectivity index (χ1v) is 9.77. The third kappa shape index (κ3) is 5.95. The van der Waals surface area contributed by atoms with Crippen LogP contribution in [0.25, 0.3) is 10.9 Å². The van der Waals surface area contributed by atoms with Crippen molar-refractivity contribution < 1.29 is 40.6 Å². The van der Waals surface area contributed by atoms with Crippen molar-refractivity contribution in [2.45, 2.75) is 31.9 Å². The smallest absolute Gasteiger partial charge is 0.433 e. The molecule has 0 aliphatic rings. The molecule has 7 nitrogen and oxygen atoms in total. The van der Waals surface area contributed by atoms with Crippen molar-refractivity contribution in [3.63, 3.8) is 0 Å². The number of halogens is 6. The standard InChI is InChI=1S/C21H20F6N4O3/c1-11-30-14-8-15(33-3)16(34-18(10-32-2)21(25,26)27)7-13(14)19(31-11)29-9-12-4-5-28-17(6-12)20(22,23)24/h4-8,18H,9-10H2,1-3H3,(H,29,30,31). The van der Waals surface area contributed by atoms with Crippen molar-refractivity contribution in [1.29, 1.82) is 0 Å². The number of rotatable bonds is 8. The van der Waals surface area contributed by atoms with Crippen LogP contribution in [-0.4, -0.2) is 48.1 Å². The van der Waals surface area contributed by atoms with Gasteiger partial charge in [0.1, 0.15) is 17.3 Å². The van der Waals surface area contributed by atoms with Gasteiger partial charge in [-0.3, -0.25) is 4.98 Å². The average Bonchev–Trinajstić information content (AvgIpc) is 2.75. The van der Waals surface area contributed by atoms with Crippen molar-refractivity contribution >= 4 is 16.7 Å². The van der Waals surface area contributed by atoms with Gasteiger partial charge in [0.15, 0.2) is 11.5 Å². The second-order valence-corrected chi connectivity index (χ2v) is 7.14. The number of nitrogens with one attached hydrogen (secondary N) is 1. The maximum Gasteiger partial charge on any atom is 0.433 e. The van der Waals surface area contributed by atoms with Crippen LogP contribution in [0, 0.1) is 6.92 Å². The molecule has 2 heterocycles. The van der Waals surface area contributed by atoms with Crippen LogP contribution in [0.3, 0.4) is 0 Å². The summed E-state index contributed by atoms with van der Waals surface area (Å²) in [5.74, 6) is 0.290. The third-order valence-corrected chi connectivity index (χ3v) is 4.62. The topological polar surface area (TPSA) is 78.4 Å². The number of aromatic nitrogens is 3. The van der Waals surface area contributed by atoms with Crippen LogP contribution in [0.4, 0.5) is 32.2 Å². The number of nitrogens with zero attached hydrogens (tertiary/aromatic N) is 3. The van der Waals surface area contributed by atoms with Gasteiger partial charge in [-0.15, -0.1) is 0 Å². The molecule has 1 atom stereocenters. The molecule has 0 saturated heterocycles. The van der Waals surface area contributed by atoms with Crippen LogP contribution >= 0.6 is 0 Å². The predicted octanol–water partition coefficient (Wildman–Crippen LogP) is 4.93. The summed E-state index contributed by atoms with van der Waals surface area (Å²) in [6.07, 6.45) is -10.5. The zero-order valence-corrected chi connectivity index (χ0v) is 18.2. The van der Waals surface area contributed by atoms with Gasteiger partial charge in [-0.25, -0.2) is 9.97 Å². The van der Waals surface area contributed by atoms with Gasteiger partial charge in [0.25, 0.3) is 0 Å². The van der Waals surface area contributed by atoms with E-state index in [9.17, 15) is 26.3 Å². The molecular weight excluding hydrogens is 470 g/mol. The first kappa shape index (κ1) is 25.3. The normalized spacial score (nSPS) is 13.1. The molecular formula is C21H20F6N4O3. The lowest BCUT2D eigenvalue weighted by Gasteiger charge is -2.22. The van der Waals surface area contributed by atoms with Crippen molar-refractivity contribution in [3.8, 4) is 11.5 Å². The lowest BCUT2D eigenvalue weighted by Crippen LogP contribution is -2.38. The Balaban J connectivity index is 1.98. The van der Waals surface area contributed by atoms with Crippen LogP contribution in [-0.2, 0) is 17.5 Å². The molecule has 1 unspecified atom stereocenters. The summed E-state index contributed by atoms with van der Waals surface area (Å²) >= 11 is 0. The molecule has 0 amide bonds. The van der Waals surface area contributed by atoms with E-state index in [1.54, 1.807) is 6.92 Å². The largest absolute Gasteiger partial charge is 0.493 e. The zero-order valence-electron chi connectivity index (χ0n) is 18.2. The first-order valence-electron chi connectivity index (χ1n) is 9.77. The van der Waals surface area contributed by atoms with Crippen molar-refractivity contribution in [2.24, 2.45) is 0 Å². The number of ether oxygens (including phenoxy) is 3. The fourth-order valence-corrected chi connectivity index (χ4v) is 3.06. The number of anilines is 1. The van der Waals surface area contributed by atoms with Gasteiger partial charge in [-0.1, -0.05) is 0 Å². The summed E-state index contributed by atoms with van der Waals surface area (Å²) < 4.78 is 93.7. The number of benzene rings is 1. The molecule has 0 radical (unpaired) electrons. The highest BCUT2D eigenvalue weighted by Crippen LogP contribution is 2.37. The minimum atomic E-state index is -4.71. The van der Waals surface area contributed by atoms with Crippen molar-refractivity contribution in [3.05, 3.63) is 47.5 Å². The summed E-state index contributed by atoms with van der Waals surface area (Å²) in [6, 6.07) is 4.95. The number of pyridine rings is 1. The van der Waals surface area contributed by atoms with Gasteiger partial charge in [0.05, 0.1) is 19.2 Å². The average molecular weight is 490 g/mol. The molecule has 0 fully saturated rings. The lowest BCUT2D eigenvalue weighted by atomic mass is 10.2. The molecule has 0 aliphatic heterocycles. The van der Waals surface area contributed by atoms with Gasteiger partial charge in [0, 0.05) is 31.3 Å². The molecule has 0 aliphatic carbocycles. The number of hydrogen-bond acceptors (Lipinski definition) is 7. The SMILES string of the molecule is COCC(Oc1cc2c(NCc3ccnc(C(F)(F)F)c3)nc(C)nc2cc1OC)C(F)(F)F. The Kier molecular flexibility index (Phi) is 7.34. The highest BCUT2D eigenvalue weighted by atomic mass is 19.4. The Morgan fingerprint density at radius 2 is 1.74 bits per heavy atom. The quantitative estimate of drug-likeness (QED) is 0.449. The van der Waals surface area contributed by atoms with E-state index in [4.69, 9.17) is 9.47 Å². The third-order valence-electron chi connectivity index (χ3n) is 4.62. The molecule has 2 aromatic heterocycles. The second kappa shape index (κ2) is 9.87. The summed E-state index contributed by atoms with van der Waals surface area (Å²) in [5, 5.41) is 3.19. The van der Waals surface area contributed by atoms with Gasteiger partial charge in [-0.05, 0) is 30.7 Å². The summed E-state index contributed by atoms with van der Waals surface area (Å²) in [5.41, 5.74) is -0.443. The van der Waals surface area contributed by atoms with E-state index < -0.39 is 30.8 Å². The molecule has 34 heavy (non-hydrogen) atoms. The van der Waals surface area contributed by atoms with E-state index in [1.807, 2.05) is 0 Å². The molecule has 3 aromatic rings. The van der Waals surface area contributed by atoms with Crippen LogP contribution in [0.1, 0.15) is 17.1 Å². The number of alkyl halides is 6. The molecule has 1 aromatic carbocycles. The minimum Gasteiger partial charge on any atom is -0.493 e. The second-order valence-electron chi connectivity index (χ2n) is 7.14. The van der Waals surface area contributed by atoms with Gasteiger partial charge in [0.2, 0.25) is 6.10 Å². The van der Waals surface area contributed by atoms with E-state index in [-0.39, 0.29) is 34.8 Å². The molecule has 0 saturated carbocycles. The Morgan fingerprint density at radius 3 is 2.35 bits per heavy atom. The van der Waals surface area contributed by atoms with Gasteiger partial charge >= 0.3 is 12.4 Å². The van der Waals surface area contributed by atoms with Crippen molar-refractivity contribution in [1.82, 2.24) is 15.0 Å². The zero-order chi connectivity index (χ0) is 25.1. The fraction of sp³-hybridized carbons (Fsp3) is 0.381. The number of methoxy groups -OCH3 is 2. The lowest BCUT2D eigenvalue weighted by molar-refractivity contribution is -0.206. The number of hydrogen-bond donors (Lipinski definition) is 1. The van der Waals surface area contributed by atoms with E-state index in [2.05, 4.69) is 25.0 Å². The van der Waals surface area contributed by atoms with E-state index >= 15 is 0 Å². The Bertz CT molecular complexity index is 1150. The fourth-order valence-electron chi connectivity index (χ4n) is 3.06. The van der Waals surface area contributed by atoms with Gasteiger partial charge in [-0.2, -0.15) is 26.3 Å². The summed E-state index contributed by atoms with van der Waals surface area (Å²) in [7, 11) is 2.38. The summed E-state index contributed by atoms with van der Waals surface area (Å²) in [6.45, 7) is 0.784. The monoisotopic (exact) mass is 490 g/mol. The van der Waals surface area contributed by atoms with E-state index in [0.717, 1.165) is 19.4 Å². The molecule has 0 spiro atoms. The number of fused-ring (bicyclic) bond motifs is 1. The van der Waals surface area contributed by atoms with Crippen LogP contribution in [0.5, 0.6) is 11.5 Å². The Hall–Kier alpha value is -3.35. The molecule has 1 N–H and O–H groups in total. The minimum absolute atomic E-state index is 0.00542. The van der Waals surface area contributed by atoms with Crippen LogP contribution in [0.15, 0.2) is 30.5 Å². The molecule has 13 heteroatoms. The highest BCUT2D eigenvalue weighted by molar-refractivity contribution is 5.91. The molecule has 0 bridgehead atoms. The van der Waals surface area contributed by atoms with Crippen LogP contribution in [0.2, 0.25) is 0 Å². The van der Waals surface area contributed by atoms with E-state index in [0.29, 0.717) is 11.3 Å². The van der Waals surface area contributed by atoms with Gasteiger partial charge < -0.3 is 19.5 Å². The van der Waals surface area contributed by atoms with E-state index in [1.165, 1.54) is 25.3 Å². The Labute approximate surface area is 190 Å². The molecule has 3 rings (SSSR count). The maximum absolute atomic E-state index is 13.3. The summed E-state index contributed by atoms with van der Waals surface area (Å²) in [4.78, 5) is 11.8. The molecule has 184 valence electrons. The Morgan fingerprint density at radius 1 is 1.00 bits per heavy atom. The number of aryl methyl sites for hydroxylation is 1.